The molecular formula is C24H25NO4S. The summed E-state index contributed by atoms with van der Waals surface area (Å²) in [4.78, 5) is 13.2. The van der Waals surface area contributed by atoms with Gasteiger partial charge in [-0.3, -0.25) is 0 Å². The first-order valence-corrected chi connectivity index (χ1v) is 10.9. The molecule has 0 saturated heterocycles. The summed E-state index contributed by atoms with van der Waals surface area (Å²) in [7, 11) is 0. The van der Waals surface area contributed by atoms with Crippen LogP contribution in [0, 0.1) is 6.92 Å². The molecule has 0 saturated carbocycles. The highest BCUT2D eigenvalue weighted by Crippen LogP contribution is 2.44. The van der Waals surface area contributed by atoms with E-state index in [2.05, 4.69) is 29.6 Å². The minimum atomic E-state index is -0.958. The van der Waals surface area contributed by atoms with Gasteiger partial charge in [-0.1, -0.05) is 48.5 Å². The largest absolute Gasteiger partial charge is 0.449 e. The van der Waals surface area contributed by atoms with Crippen molar-refractivity contribution in [3.8, 4) is 11.1 Å². The highest BCUT2D eigenvalue weighted by molar-refractivity contribution is 7.10. The number of amides is 1. The summed E-state index contributed by atoms with van der Waals surface area (Å²) in [5.74, 6) is 0.0112. The van der Waals surface area contributed by atoms with Crippen molar-refractivity contribution < 1.29 is 19.7 Å². The number of aliphatic hydroxyl groups is 2. The fourth-order valence-electron chi connectivity index (χ4n) is 4.04. The molecule has 2 atom stereocenters. The molecule has 2 unspecified atom stereocenters. The number of nitrogens with one attached hydrogen (secondary N) is 1. The van der Waals surface area contributed by atoms with E-state index in [0.29, 0.717) is 0 Å². The highest BCUT2D eigenvalue weighted by Gasteiger charge is 2.29. The molecule has 6 heteroatoms. The average Bonchev–Trinajstić information content (AvgIpc) is 3.33. The second-order valence-electron chi connectivity index (χ2n) is 7.49. The molecule has 0 bridgehead atoms. The highest BCUT2D eigenvalue weighted by atomic mass is 32.1. The molecule has 2 aromatic carbocycles. The number of carbonyl (C=O) groups is 1. The molecule has 1 amide bonds. The van der Waals surface area contributed by atoms with Gasteiger partial charge in [0.1, 0.15) is 12.7 Å². The van der Waals surface area contributed by atoms with E-state index in [1.807, 2.05) is 42.6 Å². The van der Waals surface area contributed by atoms with Crippen molar-refractivity contribution in [3.05, 3.63) is 81.5 Å². The minimum Gasteiger partial charge on any atom is -0.449 e. The molecule has 3 aromatic rings. The summed E-state index contributed by atoms with van der Waals surface area (Å²) < 4.78 is 5.48. The lowest BCUT2D eigenvalue weighted by Crippen LogP contribution is -2.30. The zero-order valence-corrected chi connectivity index (χ0v) is 17.6. The molecule has 5 nitrogen and oxygen atoms in total. The van der Waals surface area contributed by atoms with Gasteiger partial charge in [-0.25, -0.2) is 4.79 Å². The average molecular weight is 424 g/mol. The summed E-state index contributed by atoms with van der Waals surface area (Å²) in [6.07, 6.45) is -2.20. The van der Waals surface area contributed by atoms with E-state index in [4.69, 9.17) is 4.74 Å². The third-order valence-electron chi connectivity index (χ3n) is 5.64. The Hall–Kier alpha value is -2.67. The Kier molecular flexibility index (Phi) is 6.18. The number of thiophene rings is 1. The second kappa shape index (κ2) is 9.00. The topological polar surface area (TPSA) is 78.8 Å². The van der Waals surface area contributed by atoms with Crippen LogP contribution in [0.1, 0.15) is 40.0 Å². The summed E-state index contributed by atoms with van der Waals surface area (Å²) in [6, 6.07) is 18.2. The van der Waals surface area contributed by atoms with Gasteiger partial charge in [0.2, 0.25) is 0 Å². The van der Waals surface area contributed by atoms with Gasteiger partial charge in [0.05, 0.1) is 6.10 Å². The molecule has 1 aromatic heterocycles. The predicted molar refractivity (Wildman–Crippen MR) is 118 cm³/mol. The fourth-order valence-corrected chi connectivity index (χ4v) is 4.78. The number of hydrogen-bond donors (Lipinski definition) is 3. The van der Waals surface area contributed by atoms with Crippen LogP contribution in [0.2, 0.25) is 0 Å². The zero-order chi connectivity index (χ0) is 21.1. The van der Waals surface area contributed by atoms with E-state index in [1.54, 1.807) is 0 Å². The van der Waals surface area contributed by atoms with E-state index in [0.717, 1.165) is 21.6 Å². The number of aryl methyl sites for hydroxylation is 1. The van der Waals surface area contributed by atoms with Gasteiger partial charge in [0.15, 0.2) is 0 Å². The van der Waals surface area contributed by atoms with Crippen LogP contribution in [-0.2, 0) is 4.74 Å². The molecule has 0 radical (unpaired) electrons. The van der Waals surface area contributed by atoms with Crippen molar-refractivity contribution in [2.75, 3.05) is 13.2 Å². The van der Waals surface area contributed by atoms with Crippen LogP contribution in [0.15, 0.2) is 60.0 Å². The van der Waals surface area contributed by atoms with E-state index in [9.17, 15) is 15.0 Å². The van der Waals surface area contributed by atoms with Crippen molar-refractivity contribution in [2.24, 2.45) is 0 Å². The Balaban J connectivity index is 1.29. The maximum Gasteiger partial charge on any atom is 0.407 e. The summed E-state index contributed by atoms with van der Waals surface area (Å²) in [6.45, 7) is 2.38. The number of carbonyl (C=O) groups excluding carboxylic acids is 1. The number of aliphatic hydroxyl groups excluding tert-OH is 2. The van der Waals surface area contributed by atoms with Crippen LogP contribution in [0.5, 0.6) is 0 Å². The second-order valence-corrected chi connectivity index (χ2v) is 8.61. The maximum absolute atomic E-state index is 12.2. The zero-order valence-electron chi connectivity index (χ0n) is 16.7. The Morgan fingerprint density at radius 2 is 1.70 bits per heavy atom. The maximum atomic E-state index is 12.2. The number of alkyl carbamates (subject to hydrolysis) is 1. The van der Waals surface area contributed by atoms with E-state index in [1.165, 1.54) is 22.5 Å². The van der Waals surface area contributed by atoms with Gasteiger partial charge in [-0.05, 0) is 52.6 Å². The minimum absolute atomic E-state index is 0.0112. The van der Waals surface area contributed by atoms with Crippen molar-refractivity contribution in [1.82, 2.24) is 5.32 Å². The quantitative estimate of drug-likeness (QED) is 0.527. The van der Waals surface area contributed by atoms with E-state index >= 15 is 0 Å². The third-order valence-corrected chi connectivity index (χ3v) is 6.50. The Morgan fingerprint density at radius 1 is 1.07 bits per heavy atom. The smallest absolute Gasteiger partial charge is 0.407 e. The molecule has 30 heavy (non-hydrogen) atoms. The normalized spacial score (nSPS) is 14.6. The van der Waals surface area contributed by atoms with Crippen molar-refractivity contribution in [2.45, 2.75) is 31.5 Å². The molecule has 3 N–H and O–H groups in total. The lowest BCUT2D eigenvalue weighted by atomic mass is 9.98. The monoisotopic (exact) mass is 423 g/mol. The predicted octanol–water partition coefficient (Wildman–Crippen LogP) is 4.38. The van der Waals surface area contributed by atoms with E-state index < -0.39 is 18.3 Å². The van der Waals surface area contributed by atoms with Crippen LogP contribution >= 0.6 is 11.3 Å². The van der Waals surface area contributed by atoms with Crippen LogP contribution in [0.4, 0.5) is 4.79 Å². The first-order valence-electron chi connectivity index (χ1n) is 10.0. The molecule has 0 fully saturated rings. The van der Waals surface area contributed by atoms with E-state index in [-0.39, 0.29) is 25.5 Å². The SMILES string of the molecule is Cc1sccc1C(O)C(O)CCNC(=O)OCC1c2ccccc2-c2ccccc21. The molecule has 4 rings (SSSR count). The number of fused-ring (bicyclic) bond motifs is 3. The number of benzene rings is 2. The summed E-state index contributed by atoms with van der Waals surface area (Å²) in [5, 5.41) is 25.0. The van der Waals surface area contributed by atoms with Crippen molar-refractivity contribution in [3.63, 3.8) is 0 Å². The van der Waals surface area contributed by atoms with Gasteiger partial charge in [0, 0.05) is 17.3 Å². The first-order chi connectivity index (χ1) is 14.6. The van der Waals surface area contributed by atoms with Gasteiger partial charge in [-0.15, -0.1) is 11.3 Å². The molecule has 1 aliphatic rings. The molecule has 1 aliphatic carbocycles. The van der Waals surface area contributed by atoms with Crippen LogP contribution in [0.25, 0.3) is 11.1 Å². The van der Waals surface area contributed by atoms with Crippen LogP contribution in [0.3, 0.4) is 0 Å². The Bertz CT molecular complexity index is 986. The van der Waals surface area contributed by atoms with Gasteiger partial charge in [-0.2, -0.15) is 0 Å². The third kappa shape index (κ3) is 4.12. The molecule has 1 heterocycles. The lowest BCUT2D eigenvalue weighted by Gasteiger charge is -2.18. The van der Waals surface area contributed by atoms with Gasteiger partial charge < -0.3 is 20.3 Å². The van der Waals surface area contributed by atoms with Crippen LogP contribution in [-0.4, -0.2) is 35.6 Å². The Labute approximate surface area is 180 Å². The molecule has 156 valence electrons. The number of hydrogen-bond acceptors (Lipinski definition) is 5. The van der Waals surface area contributed by atoms with Crippen molar-refractivity contribution >= 4 is 17.4 Å². The number of ether oxygens (including phenoxy) is 1. The fraction of sp³-hybridized carbons (Fsp3) is 0.292. The summed E-state index contributed by atoms with van der Waals surface area (Å²) in [5.41, 5.74) is 5.42. The lowest BCUT2D eigenvalue weighted by molar-refractivity contribution is 0.0136. The van der Waals surface area contributed by atoms with Crippen LogP contribution < -0.4 is 5.32 Å². The van der Waals surface area contributed by atoms with Crippen molar-refractivity contribution in [1.29, 1.82) is 0 Å². The Morgan fingerprint density at radius 3 is 2.30 bits per heavy atom. The number of rotatable bonds is 7. The van der Waals surface area contributed by atoms with Gasteiger partial charge in [0.25, 0.3) is 0 Å². The molecular weight excluding hydrogens is 398 g/mol. The first kappa shape index (κ1) is 20.6. The summed E-state index contributed by atoms with van der Waals surface area (Å²) >= 11 is 1.53. The molecule has 0 spiro atoms. The van der Waals surface area contributed by atoms with Gasteiger partial charge >= 0.3 is 6.09 Å². The molecule has 0 aliphatic heterocycles. The standard InChI is InChI=1S/C24H25NO4S/c1-15-16(11-13-30-15)23(27)22(26)10-12-25-24(28)29-14-21-19-8-4-2-6-17(19)18-7-3-5-9-20(18)21/h2-9,11,13,21-23,26-27H,10,12,14H2,1H3,(H,25,28).